The molecule has 0 amide bonds. The number of benzene rings is 2. The average molecular weight is 269 g/mol. The Kier molecular flexibility index (Phi) is 3.79. The van der Waals surface area contributed by atoms with Crippen LogP contribution in [-0.2, 0) is 0 Å². The van der Waals surface area contributed by atoms with Gasteiger partial charge in [0, 0.05) is 0 Å². The van der Waals surface area contributed by atoms with Gasteiger partial charge in [0.25, 0.3) is 0 Å². The predicted molar refractivity (Wildman–Crippen MR) is 72.9 cm³/mol. The monoisotopic (exact) mass is 269 g/mol. The lowest BCUT2D eigenvalue weighted by Gasteiger charge is -2.13. The second kappa shape index (κ2) is 5.52. The molecule has 0 saturated carbocycles. The molecular formula is C15H13N2O3-. The first-order valence-corrected chi connectivity index (χ1v) is 6.01. The Morgan fingerprint density at radius 2 is 1.70 bits per heavy atom. The van der Waals surface area contributed by atoms with Crippen LogP contribution in [0.1, 0.15) is 21.5 Å². The van der Waals surface area contributed by atoms with E-state index in [1.807, 2.05) is 0 Å². The van der Waals surface area contributed by atoms with Gasteiger partial charge in [-0.2, -0.15) is 5.11 Å². The predicted octanol–water partition coefficient (Wildman–Crippen LogP) is 3.49. The summed E-state index contributed by atoms with van der Waals surface area (Å²) in [4.78, 5) is 11.0. The summed E-state index contributed by atoms with van der Waals surface area (Å²) in [7, 11) is 0. The summed E-state index contributed by atoms with van der Waals surface area (Å²) in [6.45, 7) is 3.42. The molecule has 0 atom stereocenters. The highest BCUT2D eigenvalue weighted by Gasteiger charge is 2.08. The van der Waals surface area contributed by atoms with Gasteiger partial charge in [-0.15, -0.1) is 10.9 Å². The fourth-order valence-corrected chi connectivity index (χ4v) is 1.84. The Bertz CT molecular complexity index is 670. The van der Waals surface area contributed by atoms with Crippen LogP contribution in [0.25, 0.3) is 0 Å². The number of carboxylic acids is 1. The zero-order chi connectivity index (χ0) is 14.7. The molecule has 5 nitrogen and oxygen atoms in total. The van der Waals surface area contributed by atoms with Crippen molar-refractivity contribution in [2.45, 2.75) is 13.8 Å². The van der Waals surface area contributed by atoms with Gasteiger partial charge >= 0.3 is 5.97 Å². The maximum absolute atomic E-state index is 11.6. The van der Waals surface area contributed by atoms with Crippen LogP contribution in [-0.4, -0.2) is 11.1 Å². The van der Waals surface area contributed by atoms with E-state index in [-0.39, 0.29) is 17.0 Å². The highest BCUT2D eigenvalue weighted by molar-refractivity contribution is 5.93. The topological polar surface area (TPSA) is 85.1 Å². The largest absolute Gasteiger partial charge is 0.872 e. The summed E-state index contributed by atoms with van der Waals surface area (Å²) >= 11 is 0. The van der Waals surface area contributed by atoms with Crippen molar-refractivity contribution in [2.75, 3.05) is 0 Å². The number of rotatable bonds is 3. The molecular weight excluding hydrogens is 256 g/mol. The smallest absolute Gasteiger partial charge is 0.337 e. The fourth-order valence-electron chi connectivity index (χ4n) is 1.84. The number of aryl methyl sites for hydroxylation is 2. The molecule has 2 rings (SSSR count). The quantitative estimate of drug-likeness (QED) is 0.865. The summed E-state index contributed by atoms with van der Waals surface area (Å²) in [5.74, 6) is -1.07. The van der Waals surface area contributed by atoms with Crippen molar-refractivity contribution in [3.05, 3.63) is 53.1 Å². The van der Waals surface area contributed by atoms with Crippen LogP contribution in [0.3, 0.4) is 0 Å². The van der Waals surface area contributed by atoms with Gasteiger partial charge in [-0.05, 0) is 38.1 Å². The number of nitrogens with zero attached hydrogens (tertiary/aromatic N) is 2. The third-order valence-electron chi connectivity index (χ3n) is 2.85. The molecule has 0 aliphatic carbocycles. The van der Waals surface area contributed by atoms with Gasteiger partial charge in [-0.1, -0.05) is 23.3 Å². The van der Waals surface area contributed by atoms with Gasteiger partial charge in [-0.3, -0.25) is 0 Å². The molecule has 0 spiro atoms. The zero-order valence-electron chi connectivity index (χ0n) is 11.1. The SMILES string of the molecule is Cc1cc(N=Nc2ccccc2C(=O)O)cc(C)c1[O-]. The van der Waals surface area contributed by atoms with Crippen molar-refractivity contribution in [2.24, 2.45) is 10.2 Å². The molecule has 1 N–H and O–H groups in total. The Morgan fingerprint density at radius 3 is 2.30 bits per heavy atom. The van der Waals surface area contributed by atoms with E-state index in [1.165, 1.54) is 6.07 Å². The lowest BCUT2D eigenvalue weighted by atomic mass is 10.1. The minimum absolute atomic E-state index is 0.0186. The molecule has 0 unspecified atom stereocenters. The van der Waals surface area contributed by atoms with Crippen LogP contribution < -0.4 is 5.11 Å². The summed E-state index contributed by atoms with van der Waals surface area (Å²) in [6.07, 6.45) is 0. The van der Waals surface area contributed by atoms with Crippen LogP contribution in [0.4, 0.5) is 11.4 Å². The van der Waals surface area contributed by atoms with Crippen LogP contribution in [0, 0.1) is 13.8 Å². The van der Waals surface area contributed by atoms with E-state index < -0.39 is 5.97 Å². The molecule has 20 heavy (non-hydrogen) atoms. The van der Waals surface area contributed by atoms with Gasteiger partial charge in [0.2, 0.25) is 0 Å². The van der Waals surface area contributed by atoms with E-state index in [1.54, 1.807) is 44.2 Å². The van der Waals surface area contributed by atoms with E-state index >= 15 is 0 Å². The van der Waals surface area contributed by atoms with Gasteiger partial charge < -0.3 is 10.2 Å². The number of azo groups is 1. The summed E-state index contributed by atoms with van der Waals surface area (Å²) in [5, 5.41) is 28.6. The standard InChI is InChI=1S/C15H14N2O3/c1-9-7-11(8-10(2)14(9)18)16-17-13-6-4-3-5-12(13)15(19)20/h3-8,18H,1-2H3,(H,19,20)/p-1. The molecule has 0 saturated heterocycles. The first kappa shape index (κ1) is 13.7. The van der Waals surface area contributed by atoms with Gasteiger partial charge in [0.1, 0.15) is 5.69 Å². The van der Waals surface area contributed by atoms with Gasteiger partial charge in [0.05, 0.1) is 11.3 Å². The van der Waals surface area contributed by atoms with E-state index in [0.29, 0.717) is 16.8 Å². The van der Waals surface area contributed by atoms with Crippen LogP contribution in [0.5, 0.6) is 5.75 Å². The molecule has 0 aliphatic rings. The number of hydrogen-bond acceptors (Lipinski definition) is 4. The van der Waals surface area contributed by atoms with Crippen molar-refractivity contribution in [3.63, 3.8) is 0 Å². The highest BCUT2D eigenvalue weighted by atomic mass is 16.4. The second-order valence-electron chi connectivity index (χ2n) is 4.43. The van der Waals surface area contributed by atoms with Gasteiger partial charge in [-0.25, -0.2) is 4.79 Å². The van der Waals surface area contributed by atoms with Crippen molar-refractivity contribution in [3.8, 4) is 5.75 Å². The molecule has 0 aliphatic heterocycles. The maximum Gasteiger partial charge on any atom is 0.337 e. The Hall–Kier alpha value is -2.69. The van der Waals surface area contributed by atoms with Crippen LogP contribution >= 0.6 is 0 Å². The summed E-state index contributed by atoms with van der Waals surface area (Å²) in [5.41, 5.74) is 2.07. The Labute approximate surface area is 116 Å². The normalized spacial score (nSPS) is 10.9. The van der Waals surface area contributed by atoms with E-state index in [2.05, 4.69) is 10.2 Å². The van der Waals surface area contributed by atoms with E-state index in [0.717, 1.165) is 0 Å². The Morgan fingerprint density at radius 1 is 1.10 bits per heavy atom. The maximum atomic E-state index is 11.6. The lowest BCUT2D eigenvalue weighted by molar-refractivity contribution is -0.270. The number of carbonyl (C=O) groups is 1. The molecule has 0 fully saturated rings. The first-order chi connectivity index (χ1) is 9.49. The molecule has 0 heterocycles. The molecule has 2 aromatic rings. The summed E-state index contributed by atoms with van der Waals surface area (Å²) in [6, 6.07) is 9.62. The number of carboxylic acid groups (broad SMARTS) is 1. The lowest BCUT2D eigenvalue weighted by Crippen LogP contribution is -1.96. The van der Waals surface area contributed by atoms with Crippen LogP contribution in [0.15, 0.2) is 46.6 Å². The van der Waals surface area contributed by atoms with Crippen LogP contribution in [0.2, 0.25) is 0 Å². The number of hydrogen-bond donors (Lipinski definition) is 1. The fraction of sp³-hybridized carbons (Fsp3) is 0.133. The molecule has 0 aromatic heterocycles. The van der Waals surface area contributed by atoms with Crippen molar-refractivity contribution in [1.29, 1.82) is 0 Å². The highest BCUT2D eigenvalue weighted by Crippen LogP contribution is 2.27. The molecule has 0 radical (unpaired) electrons. The molecule has 0 bridgehead atoms. The van der Waals surface area contributed by atoms with Crippen molar-refractivity contribution in [1.82, 2.24) is 0 Å². The third kappa shape index (κ3) is 2.83. The average Bonchev–Trinajstić information content (AvgIpc) is 2.42. The molecule has 102 valence electrons. The second-order valence-corrected chi connectivity index (χ2v) is 4.43. The molecule has 2 aromatic carbocycles. The summed E-state index contributed by atoms with van der Waals surface area (Å²) < 4.78 is 0. The Balaban J connectivity index is 2.37. The van der Waals surface area contributed by atoms with Crippen molar-refractivity contribution < 1.29 is 15.0 Å². The minimum atomic E-state index is -1.05. The zero-order valence-corrected chi connectivity index (χ0v) is 11.1. The van der Waals surface area contributed by atoms with E-state index in [9.17, 15) is 9.90 Å². The first-order valence-electron chi connectivity index (χ1n) is 6.01. The van der Waals surface area contributed by atoms with Crippen molar-refractivity contribution >= 4 is 17.3 Å². The van der Waals surface area contributed by atoms with E-state index in [4.69, 9.17) is 5.11 Å². The van der Waals surface area contributed by atoms with Gasteiger partial charge in [0.15, 0.2) is 0 Å². The minimum Gasteiger partial charge on any atom is -0.872 e. The third-order valence-corrected chi connectivity index (χ3v) is 2.85. The molecule has 5 heteroatoms. The number of aromatic carboxylic acids is 1.